The SMILES string of the molecule is COC1CCCCC1NCC1(C)CCOCC1. The maximum atomic E-state index is 5.59. The van der Waals surface area contributed by atoms with Gasteiger partial charge >= 0.3 is 0 Å². The van der Waals surface area contributed by atoms with Crippen LogP contribution in [0, 0.1) is 5.41 Å². The van der Waals surface area contributed by atoms with Crippen LogP contribution in [0.15, 0.2) is 0 Å². The molecule has 1 heterocycles. The highest BCUT2D eigenvalue weighted by Gasteiger charge is 2.30. The summed E-state index contributed by atoms with van der Waals surface area (Å²) >= 11 is 0. The van der Waals surface area contributed by atoms with Crippen LogP contribution in [0.25, 0.3) is 0 Å². The van der Waals surface area contributed by atoms with Crippen LogP contribution in [0.1, 0.15) is 45.4 Å². The van der Waals surface area contributed by atoms with E-state index >= 15 is 0 Å². The van der Waals surface area contributed by atoms with Crippen molar-refractivity contribution in [3.63, 3.8) is 0 Å². The molecule has 2 rings (SSSR count). The second kappa shape index (κ2) is 6.17. The minimum atomic E-state index is 0.423. The Kier molecular flexibility index (Phi) is 4.83. The van der Waals surface area contributed by atoms with Crippen molar-refractivity contribution in [2.24, 2.45) is 5.41 Å². The molecule has 0 radical (unpaired) electrons. The Morgan fingerprint density at radius 1 is 1.24 bits per heavy atom. The van der Waals surface area contributed by atoms with Crippen molar-refractivity contribution in [1.82, 2.24) is 5.32 Å². The van der Waals surface area contributed by atoms with Gasteiger partial charge in [0.1, 0.15) is 0 Å². The average molecular weight is 241 g/mol. The van der Waals surface area contributed by atoms with Crippen molar-refractivity contribution in [2.45, 2.75) is 57.6 Å². The van der Waals surface area contributed by atoms with Crippen molar-refractivity contribution in [3.05, 3.63) is 0 Å². The van der Waals surface area contributed by atoms with Gasteiger partial charge in [-0.1, -0.05) is 19.8 Å². The van der Waals surface area contributed by atoms with E-state index in [-0.39, 0.29) is 0 Å². The fourth-order valence-electron chi connectivity index (χ4n) is 3.03. The monoisotopic (exact) mass is 241 g/mol. The number of methoxy groups -OCH3 is 1. The summed E-state index contributed by atoms with van der Waals surface area (Å²) in [6.07, 6.45) is 7.94. The van der Waals surface area contributed by atoms with Gasteiger partial charge < -0.3 is 14.8 Å². The largest absolute Gasteiger partial charge is 0.381 e. The second-order valence-corrected chi connectivity index (χ2v) is 5.97. The van der Waals surface area contributed by atoms with E-state index in [2.05, 4.69) is 12.2 Å². The molecule has 1 saturated carbocycles. The number of hydrogen-bond acceptors (Lipinski definition) is 3. The van der Waals surface area contributed by atoms with Gasteiger partial charge in [-0.05, 0) is 31.1 Å². The Balaban J connectivity index is 1.79. The molecule has 2 unspecified atom stereocenters. The molecule has 2 atom stereocenters. The maximum absolute atomic E-state index is 5.59. The Hall–Kier alpha value is -0.120. The number of hydrogen-bond donors (Lipinski definition) is 1. The lowest BCUT2D eigenvalue weighted by Gasteiger charge is -2.38. The Morgan fingerprint density at radius 2 is 1.94 bits per heavy atom. The lowest BCUT2D eigenvalue weighted by atomic mass is 9.81. The third-order valence-electron chi connectivity index (χ3n) is 4.50. The molecule has 1 saturated heterocycles. The zero-order chi connectivity index (χ0) is 12.1. The third kappa shape index (κ3) is 3.67. The number of nitrogens with one attached hydrogen (secondary N) is 1. The lowest BCUT2D eigenvalue weighted by molar-refractivity contribution is 0.00928. The van der Waals surface area contributed by atoms with Gasteiger partial charge in [-0.3, -0.25) is 0 Å². The third-order valence-corrected chi connectivity index (χ3v) is 4.50. The predicted molar refractivity (Wildman–Crippen MR) is 69.2 cm³/mol. The highest BCUT2D eigenvalue weighted by atomic mass is 16.5. The molecule has 3 heteroatoms. The van der Waals surface area contributed by atoms with E-state index in [1.165, 1.54) is 38.5 Å². The predicted octanol–water partition coefficient (Wildman–Crippen LogP) is 2.35. The molecule has 2 fully saturated rings. The minimum absolute atomic E-state index is 0.423. The highest BCUT2D eigenvalue weighted by molar-refractivity contribution is 4.86. The van der Waals surface area contributed by atoms with Crippen LogP contribution in [0.2, 0.25) is 0 Å². The molecule has 0 aromatic rings. The van der Waals surface area contributed by atoms with E-state index in [1.54, 1.807) is 0 Å². The molecule has 0 spiro atoms. The van der Waals surface area contributed by atoms with Gasteiger partial charge in [0.2, 0.25) is 0 Å². The Bertz CT molecular complexity index is 226. The standard InChI is InChI=1S/C14H27NO2/c1-14(7-9-17-10-8-14)11-15-12-5-3-4-6-13(12)16-2/h12-13,15H,3-11H2,1-2H3. The van der Waals surface area contributed by atoms with E-state index < -0.39 is 0 Å². The molecular weight excluding hydrogens is 214 g/mol. The first-order chi connectivity index (χ1) is 8.23. The van der Waals surface area contributed by atoms with Crippen molar-refractivity contribution in [3.8, 4) is 0 Å². The molecule has 1 N–H and O–H groups in total. The van der Waals surface area contributed by atoms with Crippen LogP contribution in [0.5, 0.6) is 0 Å². The van der Waals surface area contributed by atoms with Crippen molar-refractivity contribution in [2.75, 3.05) is 26.9 Å². The first-order valence-electron chi connectivity index (χ1n) is 7.07. The van der Waals surface area contributed by atoms with Crippen molar-refractivity contribution < 1.29 is 9.47 Å². The maximum Gasteiger partial charge on any atom is 0.0724 e. The van der Waals surface area contributed by atoms with Gasteiger partial charge in [-0.15, -0.1) is 0 Å². The Labute approximate surface area is 105 Å². The molecular formula is C14H27NO2. The van der Waals surface area contributed by atoms with Gasteiger partial charge in [-0.2, -0.15) is 0 Å². The second-order valence-electron chi connectivity index (χ2n) is 5.97. The molecule has 0 aromatic carbocycles. The quantitative estimate of drug-likeness (QED) is 0.819. The summed E-state index contributed by atoms with van der Waals surface area (Å²) in [7, 11) is 1.85. The van der Waals surface area contributed by atoms with Gasteiger partial charge in [-0.25, -0.2) is 0 Å². The summed E-state index contributed by atoms with van der Waals surface area (Å²) in [6.45, 7) is 5.35. The normalized spacial score (nSPS) is 33.5. The first-order valence-corrected chi connectivity index (χ1v) is 7.07. The first kappa shape index (κ1) is 13.3. The van der Waals surface area contributed by atoms with E-state index in [4.69, 9.17) is 9.47 Å². The van der Waals surface area contributed by atoms with Crippen LogP contribution in [0.4, 0.5) is 0 Å². The van der Waals surface area contributed by atoms with Crippen molar-refractivity contribution in [1.29, 1.82) is 0 Å². The topological polar surface area (TPSA) is 30.5 Å². The molecule has 0 amide bonds. The minimum Gasteiger partial charge on any atom is -0.381 e. The molecule has 3 nitrogen and oxygen atoms in total. The summed E-state index contributed by atoms with van der Waals surface area (Å²) in [4.78, 5) is 0. The molecule has 0 aromatic heterocycles. The zero-order valence-corrected chi connectivity index (χ0v) is 11.3. The smallest absolute Gasteiger partial charge is 0.0724 e. The van der Waals surface area contributed by atoms with E-state index in [0.29, 0.717) is 17.6 Å². The number of ether oxygens (including phenoxy) is 2. The molecule has 17 heavy (non-hydrogen) atoms. The van der Waals surface area contributed by atoms with E-state index in [9.17, 15) is 0 Å². The number of rotatable bonds is 4. The van der Waals surface area contributed by atoms with Gasteiger partial charge in [0, 0.05) is 32.9 Å². The van der Waals surface area contributed by atoms with Crippen LogP contribution >= 0.6 is 0 Å². The fraction of sp³-hybridized carbons (Fsp3) is 1.00. The molecule has 1 aliphatic heterocycles. The van der Waals surface area contributed by atoms with Gasteiger partial charge in [0.25, 0.3) is 0 Å². The summed E-state index contributed by atoms with van der Waals surface area (Å²) < 4.78 is 11.0. The summed E-state index contributed by atoms with van der Waals surface area (Å²) in [6, 6.07) is 0.563. The van der Waals surface area contributed by atoms with Gasteiger partial charge in [0.15, 0.2) is 0 Å². The van der Waals surface area contributed by atoms with E-state index in [0.717, 1.165) is 19.8 Å². The molecule has 2 aliphatic rings. The summed E-state index contributed by atoms with van der Waals surface area (Å²) in [5.41, 5.74) is 0.425. The van der Waals surface area contributed by atoms with Crippen molar-refractivity contribution >= 4 is 0 Å². The average Bonchev–Trinajstić information content (AvgIpc) is 2.38. The molecule has 1 aliphatic carbocycles. The molecule has 0 bridgehead atoms. The van der Waals surface area contributed by atoms with Crippen LogP contribution < -0.4 is 5.32 Å². The van der Waals surface area contributed by atoms with Gasteiger partial charge in [0.05, 0.1) is 6.10 Å². The Morgan fingerprint density at radius 3 is 2.65 bits per heavy atom. The fourth-order valence-corrected chi connectivity index (χ4v) is 3.03. The zero-order valence-electron chi connectivity index (χ0n) is 11.3. The van der Waals surface area contributed by atoms with E-state index in [1.807, 2.05) is 7.11 Å². The lowest BCUT2D eigenvalue weighted by Crippen LogP contribution is -2.48. The van der Waals surface area contributed by atoms with Crippen LogP contribution in [-0.2, 0) is 9.47 Å². The summed E-state index contributed by atoms with van der Waals surface area (Å²) in [5, 5.41) is 3.75. The van der Waals surface area contributed by atoms with Crippen LogP contribution in [0.3, 0.4) is 0 Å². The molecule has 100 valence electrons. The van der Waals surface area contributed by atoms with Crippen LogP contribution in [-0.4, -0.2) is 39.0 Å². The summed E-state index contributed by atoms with van der Waals surface area (Å²) in [5.74, 6) is 0. The highest BCUT2D eigenvalue weighted by Crippen LogP contribution is 2.30.